The van der Waals surface area contributed by atoms with Crippen molar-refractivity contribution in [2.75, 3.05) is 24.7 Å². The van der Waals surface area contributed by atoms with Crippen LogP contribution in [0.3, 0.4) is 0 Å². The van der Waals surface area contributed by atoms with E-state index in [0.717, 1.165) is 36.0 Å². The Morgan fingerprint density at radius 2 is 2.29 bits per heavy atom. The molecule has 1 aromatic rings. The predicted octanol–water partition coefficient (Wildman–Crippen LogP) is 5.53. The van der Waals surface area contributed by atoms with Gasteiger partial charge in [-0.15, -0.1) is 0 Å². The number of benzene rings is 1. The number of thioether (sulfide) groups is 1. The van der Waals surface area contributed by atoms with Crippen LogP contribution in [-0.2, 0) is 11.2 Å². The van der Waals surface area contributed by atoms with Crippen LogP contribution in [0.15, 0.2) is 48.9 Å². The number of allylic oxidation sites excluding steroid dienone is 1. The molecule has 1 aliphatic heterocycles. The molecule has 0 radical (unpaired) electrons. The van der Waals surface area contributed by atoms with Gasteiger partial charge >= 0.3 is 0 Å². The molecule has 1 saturated heterocycles. The average Bonchev–Trinajstić information content (AvgIpc) is 2.92. The normalized spacial score (nSPS) is 17.7. The number of aryl methyl sites for hydroxylation is 1. The van der Waals surface area contributed by atoms with Gasteiger partial charge in [0, 0.05) is 17.3 Å². The molecule has 0 aliphatic carbocycles. The third-order valence-electron chi connectivity index (χ3n) is 4.11. The first-order valence-electron chi connectivity index (χ1n) is 8.78. The van der Waals surface area contributed by atoms with E-state index in [1.54, 1.807) is 0 Å². The van der Waals surface area contributed by atoms with E-state index in [1.165, 1.54) is 24.2 Å². The monoisotopic (exact) mass is 365 g/mol. The van der Waals surface area contributed by atoms with Crippen molar-refractivity contribution in [3.8, 4) is 0 Å². The van der Waals surface area contributed by atoms with E-state index in [0.29, 0.717) is 12.6 Å². The number of unbranched alkanes of at least 4 members (excludes halogenated alkanes) is 1. The van der Waals surface area contributed by atoms with E-state index in [9.17, 15) is 0 Å². The summed E-state index contributed by atoms with van der Waals surface area (Å²) in [5.74, 6) is 3.20. The molecule has 0 aromatic heterocycles. The van der Waals surface area contributed by atoms with Gasteiger partial charge in [0.2, 0.25) is 0 Å². The highest BCUT2D eigenvalue weighted by molar-refractivity contribution is 7.99. The molecule has 24 heavy (non-hydrogen) atoms. The molecule has 1 heterocycles. The Hall–Kier alpha value is -1.06. The molecule has 132 valence electrons. The van der Waals surface area contributed by atoms with E-state index in [1.807, 2.05) is 30.0 Å². The number of rotatable bonds is 10. The van der Waals surface area contributed by atoms with Gasteiger partial charge in [-0.2, -0.15) is 11.8 Å². The van der Waals surface area contributed by atoms with Gasteiger partial charge in [0.1, 0.15) is 6.61 Å². The van der Waals surface area contributed by atoms with Crippen molar-refractivity contribution in [3.05, 3.63) is 59.5 Å². The van der Waals surface area contributed by atoms with E-state index in [2.05, 4.69) is 36.6 Å². The highest BCUT2D eigenvalue weighted by Gasteiger charge is 2.25. The maximum Gasteiger partial charge on any atom is 0.182 e. The summed E-state index contributed by atoms with van der Waals surface area (Å²) in [6.07, 6.45) is 9.12. The zero-order valence-corrected chi connectivity index (χ0v) is 16.1. The van der Waals surface area contributed by atoms with Gasteiger partial charge in [-0.1, -0.05) is 49.2 Å². The van der Waals surface area contributed by atoms with Crippen LogP contribution < -0.4 is 0 Å². The molecule has 1 atom stereocenters. The Morgan fingerprint density at radius 3 is 3.08 bits per heavy atom. The lowest BCUT2D eigenvalue weighted by atomic mass is 10.1. The molecule has 0 amide bonds. The van der Waals surface area contributed by atoms with Crippen molar-refractivity contribution in [2.45, 2.75) is 38.6 Å². The van der Waals surface area contributed by atoms with Gasteiger partial charge in [0.05, 0.1) is 6.04 Å². The minimum absolute atomic E-state index is 0.323. The molecule has 2 nitrogen and oxygen atoms in total. The van der Waals surface area contributed by atoms with Crippen LogP contribution in [0.1, 0.15) is 31.7 Å². The lowest BCUT2D eigenvalue weighted by Crippen LogP contribution is -2.30. The molecule has 0 N–H and O–H groups in total. The van der Waals surface area contributed by atoms with Crippen LogP contribution in [-0.4, -0.2) is 35.6 Å². The Bertz CT molecular complexity index is 546. The molecule has 1 unspecified atom stereocenters. The van der Waals surface area contributed by atoms with Crippen LogP contribution in [0.4, 0.5) is 0 Å². The van der Waals surface area contributed by atoms with Crippen LogP contribution in [0, 0.1) is 0 Å². The summed E-state index contributed by atoms with van der Waals surface area (Å²) in [7, 11) is 0. The highest BCUT2D eigenvalue weighted by Crippen LogP contribution is 2.21. The van der Waals surface area contributed by atoms with E-state index in [-0.39, 0.29) is 0 Å². The van der Waals surface area contributed by atoms with Crippen LogP contribution in [0.2, 0.25) is 5.02 Å². The smallest absolute Gasteiger partial charge is 0.182 e. The number of nitrogens with zero attached hydrogens (tertiary/aromatic N) is 1. The predicted molar refractivity (Wildman–Crippen MR) is 107 cm³/mol. The Balaban J connectivity index is 1.74. The second kappa shape index (κ2) is 10.7. The minimum Gasteiger partial charge on any atom is -0.477 e. The quantitative estimate of drug-likeness (QED) is 0.399. The zero-order valence-electron chi connectivity index (χ0n) is 14.5. The SMILES string of the molecule is C=C1OCC(/C=C/CCc2cccc(Cl)c2)N1CCSCCCC. The maximum atomic E-state index is 6.02. The molecule has 1 aromatic carbocycles. The van der Waals surface area contributed by atoms with Gasteiger partial charge in [-0.3, -0.25) is 0 Å². The fraction of sp³-hybridized carbons (Fsp3) is 0.500. The molecular weight excluding hydrogens is 338 g/mol. The van der Waals surface area contributed by atoms with Gasteiger partial charge in [0.25, 0.3) is 0 Å². The minimum atomic E-state index is 0.323. The van der Waals surface area contributed by atoms with Gasteiger partial charge < -0.3 is 9.64 Å². The first kappa shape index (κ1) is 19.3. The lowest BCUT2D eigenvalue weighted by molar-refractivity contribution is 0.240. The fourth-order valence-electron chi connectivity index (χ4n) is 2.70. The molecule has 4 heteroatoms. The first-order chi connectivity index (χ1) is 11.7. The molecule has 1 fully saturated rings. The number of halogens is 1. The van der Waals surface area contributed by atoms with Crippen LogP contribution in [0.5, 0.6) is 0 Å². The molecule has 0 spiro atoms. The van der Waals surface area contributed by atoms with Crippen molar-refractivity contribution in [1.82, 2.24) is 4.90 Å². The van der Waals surface area contributed by atoms with Gasteiger partial charge in [0.15, 0.2) is 5.88 Å². The Kier molecular flexibility index (Phi) is 8.62. The molecule has 1 aliphatic rings. The summed E-state index contributed by atoms with van der Waals surface area (Å²) in [6, 6.07) is 8.41. The topological polar surface area (TPSA) is 12.5 Å². The van der Waals surface area contributed by atoms with Crippen LogP contribution >= 0.6 is 23.4 Å². The summed E-state index contributed by atoms with van der Waals surface area (Å²) in [6.45, 7) is 7.99. The maximum absolute atomic E-state index is 6.02. The standard InChI is InChI=1S/C20H28ClNOS/c1-3-4-13-24-14-12-22-17(2)23-16-20(22)11-6-5-8-18-9-7-10-19(21)15-18/h6-7,9-11,15,20H,2-5,8,12-14,16H2,1H3/b11-6+. The Labute approximate surface area is 155 Å². The largest absolute Gasteiger partial charge is 0.477 e. The molecular formula is C20H28ClNOS. The van der Waals surface area contributed by atoms with E-state index < -0.39 is 0 Å². The fourth-order valence-corrected chi connectivity index (χ4v) is 3.93. The summed E-state index contributed by atoms with van der Waals surface area (Å²) in [5, 5.41) is 0.809. The van der Waals surface area contributed by atoms with Crippen LogP contribution in [0.25, 0.3) is 0 Å². The Morgan fingerprint density at radius 1 is 1.42 bits per heavy atom. The van der Waals surface area contributed by atoms with Gasteiger partial charge in [-0.05, 0) is 49.3 Å². The second-order valence-electron chi connectivity index (χ2n) is 6.03. The summed E-state index contributed by atoms with van der Waals surface area (Å²) in [4.78, 5) is 2.29. The first-order valence-corrected chi connectivity index (χ1v) is 10.3. The molecule has 0 saturated carbocycles. The molecule has 2 rings (SSSR count). The average molecular weight is 366 g/mol. The highest BCUT2D eigenvalue weighted by atomic mass is 35.5. The van der Waals surface area contributed by atoms with E-state index >= 15 is 0 Å². The van der Waals surface area contributed by atoms with Crippen molar-refractivity contribution in [3.63, 3.8) is 0 Å². The third kappa shape index (κ3) is 6.45. The second-order valence-corrected chi connectivity index (χ2v) is 7.69. The third-order valence-corrected chi connectivity index (χ3v) is 5.39. The lowest BCUT2D eigenvalue weighted by Gasteiger charge is -2.21. The summed E-state index contributed by atoms with van der Waals surface area (Å²) >= 11 is 8.04. The van der Waals surface area contributed by atoms with Crippen molar-refractivity contribution < 1.29 is 4.74 Å². The number of hydrogen-bond acceptors (Lipinski definition) is 3. The van der Waals surface area contributed by atoms with Gasteiger partial charge in [-0.25, -0.2) is 0 Å². The summed E-state index contributed by atoms with van der Waals surface area (Å²) < 4.78 is 5.64. The number of ether oxygens (including phenoxy) is 1. The summed E-state index contributed by atoms with van der Waals surface area (Å²) in [5.41, 5.74) is 1.28. The molecule has 0 bridgehead atoms. The van der Waals surface area contributed by atoms with Crippen molar-refractivity contribution in [2.24, 2.45) is 0 Å². The number of hydrogen-bond donors (Lipinski definition) is 0. The van der Waals surface area contributed by atoms with E-state index in [4.69, 9.17) is 16.3 Å². The van der Waals surface area contributed by atoms with Crippen molar-refractivity contribution in [1.29, 1.82) is 0 Å². The zero-order chi connectivity index (χ0) is 17.2. The van der Waals surface area contributed by atoms with Crippen molar-refractivity contribution >= 4 is 23.4 Å².